The van der Waals surface area contributed by atoms with Gasteiger partial charge in [0.25, 0.3) is 0 Å². The predicted molar refractivity (Wildman–Crippen MR) is 60.1 cm³/mol. The molecule has 3 aliphatic carbocycles. The van der Waals surface area contributed by atoms with Gasteiger partial charge in [0, 0.05) is 11.6 Å². The van der Waals surface area contributed by atoms with Crippen LogP contribution < -0.4 is 10.5 Å². The Hall–Kier alpha value is -0.0151. The highest BCUT2D eigenvalue weighted by atomic mass is 15.2. The molecular weight excluding hydrogens is 171 g/mol. The highest BCUT2D eigenvalue weighted by molar-refractivity contribution is 6.53. The summed E-state index contributed by atoms with van der Waals surface area (Å²) in [5.41, 5.74) is 0.932. The first kappa shape index (κ1) is 9.23. The lowest BCUT2D eigenvalue weighted by Crippen LogP contribution is -2.69. The fourth-order valence-electron chi connectivity index (χ4n) is 4.46. The molecule has 1 aliphatic heterocycles. The van der Waals surface area contributed by atoms with Crippen LogP contribution in [0.1, 0.15) is 33.6 Å². The molecule has 0 radical (unpaired) electrons. The van der Waals surface area contributed by atoms with Crippen LogP contribution in [0.4, 0.5) is 0 Å². The van der Waals surface area contributed by atoms with E-state index in [2.05, 4.69) is 38.0 Å². The van der Waals surface area contributed by atoms with Crippen molar-refractivity contribution in [1.29, 1.82) is 0 Å². The third-order valence-corrected chi connectivity index (χ3v) is 5.42. The van der Waals surface area contributed by atoms with Crippen molar-refractivity contribution < 1.29 is 0 Å². The largest absolute Gasteiger partial charge is 0.338 e. The van der Waals surface area contributed by atoms with Crippen molar-refractivity contribution in [2.24, 2.45) is 17.3 Å². The van der Waals surface area contributed by atoms with Gasteiger partial charge < -0.3 is 10.5 Å². The molecule has 2 nitrogen and oxygen atoms in total. The number of hydrogen-bond donors (Lipinski definition) is 2. The van der Waals surface area contributed by atoms with E-state index in [1.807, 2.05) is 0 Å². The van der Waals surface area contributed by atoms with Gasteiger partial charge in [0.15, 0.2) is 0 Å². The van der Waals surface area contributed by atoms with E-state index in [1.54, 1.807) is 0 Å². The Balaban J connectivity index is 1.95. The molecule has 1 saturated heterocycles. The SMILES string of the molecule is CB1NC2CC3CC(C3(C)C)C2(C)N1. The van der Waals surface area contributed by atoms with Crippen LogP contribution in [0.5, 0.6) is 0 Å². The van der Waals surface area contributed by atoms with Crippen LogP contribution >= 0.6 is 0 Å². The molecule has 4 atom stereocenters. The quantitative estimate of drug-likeness (QED) is 0.568. The van der Waals surface area contributed by atoms with Crippen LogP contribution in [-0.4, -0.2) is 18.6 Å². The molecule has 0 aromatic heterocycles. The fourth-order valence-corrected chi connectivity index (χ4v) is 4.46. The van der Waals surface area contributed by atoms with Gasteiger partial charge in [0.1, 0.15) is 0 Å². The first-order valence-corrected chi connectivity index (χ1v) is 5.98. The normalized spacial score (nSPS) is 54.0. The van der Waals surface area contributed by atoms with Gasteiger partial charge in [0.2, 0.25) is 0 Å². The molecule has 3 heteroatoms. The molecule has 0 aromatic rings. The topological polar surface area (TPSA) is 24.1 Å². The van der Waals surface area contributed by atoms with E-state index in [0.29, 0.717) is 24.0 Å². The van der Waals surface area contributed by atoms with Crippen molar-refractivity contribution in [2.45, 2.75) is 52.0 Å². The zero-order chi connectivity index (χ0) is 10.1. The first-order valence-electron chi connectivity index (χ1n) is 5.98. The van der Waals surface area contributed by atoms with Gasteiger partial charge in [-0.25, -0.2) is 0 Å². The van der Waals surface area contributed by atoms with Gasteiger partial charge >= 0.3 is 6.98 Å². The summed E-state index contributed by atoms with van der Waals surface area (Å²) in [6.45, 7) is 10.1. The molecule has 0 aromatic carbocycles. The van der Waals surface area contributed by atoms with E-state index < -0.39 is 0 Å². The fraction of sp³-hybridized carbons (Fsp3) is 1.00. The summed E-state index contributed by atoms with van der Waals surface area (Å²) in [6, 6.07) is 0.717. The van der Waals surface area contributed by atoms with Crippen LogP contribution in [0.15, 0.2) is 0 Å². The van der Waals surface area contributed by atoms with Crippen molar-refractivity contribution in [1.82, 2.24) is 10.5 Å². The lowest BCUT2D eigenvalue weighted by Gasteiger charge is -2.65. The Morgan fingerprint density at radius 3 is 2.57 bits per heavy atom. The Bertz CT molecular complexity index is 278. The summed E-state index contributed by atoms with van der Waals surface area (Å²) in [4.78, 5) is 0. The molecule has 2 N–H and O–H groups in total. The molecule has 4 unspecified atom stereocenters. The van der Waals surface area contributed by atoms with E-state index in [4.69, 9.17) is 0 Å². The average molecular weight is 192 g/mol. The van der Waals surface area contributed by atoms with Gasteiger partial charge in [-0.1, -0.05) is 20.7 Å². The van der Waals surface area contributed by atoms with Crippen molar-refractivity contribution in [2.75, 3.05) is 0 Å². The molecular formula is C11H21BN2. The lowest BCUT2D eigenvalue weighted by atomic mass is 9.42. The highest BCUT2D eigenvalue weighted by Crippen LogP contribution is 2.63. The summed E-state index contributed by atoms with van der Waals surface area (Å²) in [7, 11) is 0. The van der Waals surface area contributed by atoms with Crippen LogP contribution in [0.2, 0.25) is 6.82 Å². The van der Waals surface area contributed by atoms with Crippen LogP contribution in [-0.2, 0) is 0 Å². The van der Waals surface area contributed by atoms with Gasteiger partial charge in [-0.15, -0.1) is 0 Å². The smallest absolute Gasteiger partial charge is 0.302 e. The summed E-state index contributed by atoms with van der Waals surface area (Å²) in [5.74, 6) is 1.83. The monoisotopic (exact) mass is 192 g/mol. The molecule has 1 heterocycles. The van der Waals surface area contributed by atoms with E-state index >= 15 is 0 Å². The molecule has 3 saturated carbocycles. The van der Waals surface area contributed by atoms with Crippen LogP contribution in [0, 0.1) is 17.3 Å². The van der Waals surface area contributed by atoms with E-state index in [0.717, 1.165) is 11.8 Å². The molecule has 4 rings (SSSR count). The Morgan fingerprint density at radius 1 is 1.21 bits per heavy atom. The third-order valence-electron chi connectivity index (χ3n) is 5.42. The molecule has 0 amide bonds. The zero-order valence-electron chi connectivity index (χ0n) is 9.72. The van der Waals surface area contributed by atoms with Crippen molar-refractivity contribution in [3.8, 4) is 0 Å². The summed E-state index contributed by atoms with van der Waals surface area (Å²) >= 11 is 0. The molecule has 2 bridgehead atoms. The Morgan fingerprint density at radius 2 is 1.93 bits per heavy atom. The lowest BCUT2D eigenvalue weighted by molar-refractivity contribution is -0.123. The molecule has 78 valence electrons. The van der Waals surface area contributed by atoms with Gasteiger partial charge in [0.05, 0.1) is 0 Å². The summed E-state index contributed by atoms with van der Waals surface area (Å²) < 4.78 is 0. The second-order valence-electron chi connectivity index (χ2n) is 6.41. The maximum atomic E-state index is 3.76. The molecule has 4 fully saturated rings. The molecule has 4 aliphatic rings. The Labute approximate surface area is 87.3 Å². The maximum absolute atomic E-state index is 3.76. The molecule has 0 spiro atoms. The minimum Gasteiger partial charge on any atom is -0.338 e. The minimum atomic E-state index is 0.359. The average Bonchev–Trinajstić information content (AvgIpc) is 2.37. The third kappa shape index (κ3) is 0.861. The van der Waals surface area contributed by atoms with E-state index in [-0.39, 0.29) is 0 Å². The predicted octanol–water partition coefficient (Wildman–Crippen LogP) is 1.49. The number of rotatable bonds is 0. The van der Waals surface area contributed by atoms with E-state index in [9.17, 15) is 0 Å². The minimum absolute atomic E-state index is 0.359. The second-order valence-corrected chi connectivity index (χ2v) is 6.41. The molecule has 14 heavy (non-hydrogen) atoms. The highest BCUT2D eigenvalue weighted by Gasteiger charge is 2.65. The van der Waals surface area contributed by atoms with Gasteiger partial charge in [-0.3, -0.25) is 0 Å². The van der Waals surface area contributed by atoms with Crippen molar-refractivity contribution in [3.05, 3.63) is 0 Å². The van der Waals surface area contributed by atoms with Crippen molar-refractivity contribution in [3.63, 3.8) is 0 Å². The second kappa shape index (κ2) is 2.38. The maximum Gasteiger partial charge on any atom is 0.302 e. The summed E-state index contributed by atoms with van der Waals surface area (Å²) in [5, 5.41) is 7.45. The first-order chi connectivity index (χ1) is 6.44. The zero-order valence-corrected chi connectivity index (χ0v) is 9.72. The van der Waals surface area contributed by atoms with Crippen LogP contribution in [0.25, 0.3) is 0 Å². The summed E-state index contributed by atoms with van der Waals surface area (Å²) in [6.07, 6.45) is 2.82. The van der Waals surface area contributed by atoms with Gasteiger partial charge in [-0.2, -0.15) is 0 Å². The van der Waals surface area contributed by atoms with Gasteiger partial charge in [-0.05, 0) is 37.0 Å². The number of nitrogens with one attached hydrogen (secondary N) is 2. The standard InChI is InChI=1S/C11H21BN2/c1-10(2)7-5-8(10)11(3)9(6-7)13-12(4)14-11/h7-9,13-14H,5-6H2,1-4H3. The Kier molecular flexibility index (Phi) is 1.57. The number of hydrogen-bond acceptors (Lipinski definition) is 2. The van der Waals surface area contributed by atoms with Crippen molar-refractivity contribution >= 4 is 6.98 Å². The van der Waals surface area contributed by atoms with Crippen LogP contribution in [0.3, 0.4) is 0 Å². The van der Waals surface area contributed by atoms with E-state index in [1.165, 1.54) is 12.8 Å².